The molecule has 8 heteroatoms. The molecule has 2 heterocycles. The van der Waals surface area contributed by atoms with Crippen LogP contribution >= 0.6 is 11.3 Å². The van der Waals surface area contributed by atoms with Crippen LogP contribution in [-0.4, -0.2) is 78.2 Å². The van der Waals surface area contributed by atoms with E-state index in [0.717, 1.165) is 24.2 Å². The van der Waals surface area contributed by atoms with E-state index in [9.17, 15) is 14.4 Å². The number of hydrogen-bond donors (Lipinski definition) is 0. The van der Waals surface area contributed by atoms with Crippen LogP contribution in [0.3, 0.4) is 0 Å². The summed E-state index contributed by atoms with van der Waals surface area (Å²) in [6.07, 6.45) is 1.94. The SMILES string of the molecule is CN(C)CCN=C1CC(=O)c2nc(C(=O)N3CCCC3)sc2C1=O. The minimum Gasteiger partial charge on any atom is -0.337 e. The van der Waals surface area contributed by atoms with Crippen LogP contribution in [0.2, 0.25) is 0 Å². The van der Waals surface area contributed by atoms with Crippen LogP contribution < -0.4 is 0 Å². The van der Waals surface area contributed by atoms with E-state index >= 15 is 0 Å². The van der Waals surface area contributed by atoms with Gasteiger partial charge in [0.15, 0.2) is 10.8 Å². The number of aromatic nitrogens is 1. The van der Waals surface area contributed by atoms with Gasteiger partial charge in [-0.25, -0.2) is 4.98 Å². The Morgan fingerprint density at radius 3 is 2.67 bits per heavy atom. The highest BCUT2D eigenvalue weighted by molar-refractivity contribution is 7.17. The summed E-state index contributed by atoms with van der Waals surface area (Å²) >= 11 is 1.02. The summed E-state index contributed by atoms with van der Waals surface area (Å²) in [5, 5.41) is 0.234. The van der Waals surface area contributed by atoms with Gasteiger partial charge in [0.05, 0.1) is 18.7 Å². The summed E-state index contributed by atoms with van der Waals surface area (Å²) in [5.41, 5.74) is 0.414. The fourth-order valence-corrected chi connectivity index (χ4v) is 3.78. The molecule has 0 aromatic carbocycles. The maximum atomic E-state index is 12.5. The van der Waals surface area contributed by atoms with Crippen LogP contribution in [-0.2, 0) is 0 Å². The first-order valence-corrected chi connectivity index (χ1v) is 8.85. The van der Waals surface area contributed by atoms with Crippen molar-refractivity contribution in [2.24, 2.45) is 4.99 Å². The number of hydrogen-bond acceptors (Lipinski definition) is 7. The molecule has 1 aliphatic heterocycles. The van der Waals surface area contributed by atoms with Crippen molar-refractivity contribution in [3.63, 3.8) is 0 Å². The Labute approximate surface area is 144 Å². The molecule has 0 radical (unpaired) electrons. The van der Waals surface area contributed by atoms with Crippen LogP contribution in [0, 0.1) is 0 Å². The molecule has 0 spiro atoms. The molecule has 1 aromatic rings. The lowest BCUT2D eigenvalue weighted by atomic mass is 9.98. The van der Waals surface area contributed by atoms with Crippen LogP contribution in [0.15, 0.2) is 4.99 Å². The number of fused-ring (bicyclic) bond motifs is 1. The summed E-state index contributed by atoms with van der Waals surface area (Å²) in [4.78, 5) is 49.6. The maximum absolute atomic E-state index is 12.5. The number of carbonyl (C=O) groups is 3. The molecule has 0 saturated carbocycles. The molecule has 0 atom stereocenters. The largest absolute Gasteiger partial charge is 0.337 e. The van der Waals surface area contributed by atoms with Gasteiger partial charge in [-0.1, -0.05) is 0 Å². The Morgan fingerprint density at radius 2 is 2.00 bits per heavy atom. The van der Waals surface area contributed by atoms with Gasteiger partial charge in [-0.05, 0) is 26.9 Å². The fraction of sp³-hybridized carbons (Fsp3) is 0.562. The third kappa shape index (κ3) is 3.29. The van der Waals surface area contributed by atoms with Gasteiger partial charge in [0.1, 0.15) is 10.6 Å². The Bertz CT molecular complexity index is 717. The molecule has 0 bridgehead atoms. The second-order valence-corrected chi connectivity index (χ2v) is 7.26. The summed E-state index contributed by atoms with van der Waals surface area (Å²) in [5.74, 6) is -0.676. The first-order valence-electron chi connectivity index (χ1n) is 8.03. The number of amides is 1. The minimum atomic E-state index is -0.263. The van der Waals surface area contributed by atoms with Crippen LogP contribution in [0.25, 0.3) is 0 Å². The molecule has 3 rings (SSSR count). The maximum Gasteiger partial charge on any atom is 0.282 e. The van der Waals surface area contributed by atoms with E-state index in [-0.39, 0.29) is 45.2 Å². The number of carbonyl (C=O) groups excluding carboxylic acids is 3. The van der Waals surface area contributed by atoms with Crippen molar-refractivity contribution in [1.82, 2.24) is 14.8 Å². The number of aliphatic imine (C=N–C) groups is 1. The van der Waals surface area contributed by atoms with E-state index in [1.165, 1.54) is 0 Å². The summed E-state index contributed by atoms with van der Waals surface area (Å²) in [6.45, 7) is 2.60. The second kappa shape index (κ2) is 6.90. The van der Waals surface area contributed by atoms with E-state index in [0.29, 0.717) is 26.2 Å². The van der Waals surface area contributed by atoms with E-state index in [4.69, 9.17) is 0 Å². The Balaban J connectivity index is 1.83. The predicted molar refractivity (Wildman–Crippen MR) is 91.4 cm³/mol. The Kier molecular flexibility index (Phi) is 4.86. The molecule has 1 fully saturated rings. The smallest absolute Gasteiger partial charge is 0.282 e. The van der Waals surface area contributed by atoms with E-state index in [1.54, 1.807) is 4.90 Å². The zero-order chi connectivity index (χ0) is 17.3. The molecule has 128 valence electrons. The number of likely N-dealkylation sites (N-methyl/N-ethyl adjacent to an activating group) is 1. The molecule has 1 aromatic heterocycles. The minimum absolute atomic E-state index is 0.0274. The van der Waals surface area contributed by atoms with Gasteiger partial charge in [0.25, 0.3) is 5.91 Å². The molecular formula is C16H20N4O3S. The van der Waals surface area contributed by atoms with Crippen LogP contribution in [0.4, 0.5) is 0 Å². The average molecular weight is 348 g/mol. The van der Waals surface area contributed by atoms with Crippen molar-refractivity contribution in [1.29, 1.82) is 0 Å². The number of ketones is 2. The van der Waals surface area contributed by atoms with Crippen molar-refractivity contribution in [2.75, 3.05) is 40.3 Å². The molecule has 1 saturated heterocycles. The fourth-order valence-electron chi connectivity index (χ4n) is 2.77. The lowest BCUT2D eigenvalue weighted by Gasteiger charge is -2.12. The van der Waals surface area contributed by atoms with Crippen LogP contribution in [0.1, 0.15) is 49.2 Å². The highest BCUT2D eigenvalue weighted by atomic mass is 32.1. The summed E-state index contributed by atoms with van der Waals surface area (Å²) in [7, 11) is 3.84. The van der Waals surface area contributed by atoms with E-state index in [2.05, 4.69) is 9.98 Å². The quantitative estimate of drug-likeness (QED) is 0.815. The molecule has 1 amide bonds. The third-order valence-corrected chi connectivity index (χ3v) is 5.16. The van der Waals surface area contributed by atoms with E-state index < -0.39 is 0 Å². The van der Waals surface area contributed by atoms with Gasteiger partial charge < -0.3 is 9.80 Å². The number of rotatable bonds is 4. The van der Waals surface area contributed by atoms with Gasteiger partial charge in [-0.15, -0.1) is 11.3 Å². The van der Waals surface area contributed by atoms with Crippen molar-refractivity contribution < 1.29 is 14.4 Å². The first kappa shape index (κ1) is 16.9. The molecular weight excluding hydrogens is 328 g/mol. The van der Waals surface area contributed by atoms with Gasteiger partial charge in [0.2, 0.25) is 5.78 Å². The molecule has 0 unspecified atom stereocenters. The monoisotopic (exact) mass is 348 g/mol. The highest BCUT2D eigenvalue weighted by Crippen LogP contribution is 2.27. The zero-order valence-electron chi connectivity index (χ0n) is 13.9. The highest BCUT2D eigenvalue weighted by Gasteiger charge is 2.35. The normalized spacial score (nSPS) is 19.5. The number of Topliss-reactive ketones (excluding diaryl/α,β-unsaturated/α-hetero) is 2. The lowest BCUT2D eigenvalue weighted by Crippen LogP contribution is -2.28. The lowest BCUT2D eigenvalue weighted by molar-refractivity contribution is 0.0792. The molecule has 2 aliphatic rings. The first-order chi connectivity index (χ1) is 11.5. The molecule has 24 heavy (non-hydrogen) atoms. The molecule has 1 aliphatic carbocycles. The zero-order valence-corrected chi connectivity index (χ0v) is 14.7. The number of likely N-dealkylation sites (tertiary alicyclic amines) is 1. The van der Waals surface area contributed by atoms with Crippen LogP contribution in [0.5, 0.6) is 0 Å². The van der Waals surface area contributed by atoms with Gasteiger partial charge in [-0.2, -0.15) is 0 Å². The third-order valence-electron chi connectivity index (χ3n) is 4.11. The topological polar surface area (TPSA) is 82.9 Å². The molecule has 7 nitrogen and oxygen atoms in total. The van der Waals surface area contributed by atoms with Gasteiger partial charge >= 0.3 is 0 Å². The summed E-state index contributed by atoms with van der Waals surface area (Å²) in [6, 6.07) is 0. The van der Waals surface area contributed by atoms with Crippen molar-refractivity contribution in [3.8, 4) is 0 Å². The summed E-state index contributed by atoms with van der Waals surface area (Å²) < 4.78 is 0. The second-order valence-electron chi connectivity index (χ2n) is 6.26. The number of thiazole rings is 1. The van der Waals surface area contributed by atoms with Gasteiger partial charge in [-0.3, -0.25) is 19.4 Å². The standard InChI is InChI=1S/C16H20N4O3S/c1-19(2)8-5-17-10-9-11(21)12-14(13(10)22)24-15(18-12)16(23)20-6-3-4-7-20/h3-9H2,1-2H3. The molecule has 0 N–H and O–H groups in total. The van der Waals surface area contributed by atoms with E-state index in [1.807, 2.05) is 19.0 Å². The number of nitrogens with zero attached hydrogens (tertiary/aromatic N) is 4. The Hall–Kier alpha value is -1.93. The van der Waals surface area contributed by atoms with Gasteiger partial charge in [0, 0.05) is 19.6 Å². The van der Waals surface area contributed by atoms with Crippen molar-refractivity contribution in [3.05, 3.63) is 15.6 Å². The van der Waals surface area contributed by atoms with Crippen molar-refractivity contribution >= 4 is 34.5 Å². The Morgan fingerprint density at radius 1 is 1.29 bits per heavy atom. The predicted octanol–water partition coefficient (Wildman–Crippen LogP) is 1.15. The average Bonchev–Trinajstić information content (AvgIpc) is 3.20. The van der Waals surface area contributed by atoms with Crippen molar-refractivity contribution in [2.45, 2.75) is 19.3 Å².